The van der Waals surface area contributed by atoms with E-state index in [1.54, 1.807) is 25.1 Å². The highest BCUT2D eigenvalue weighted by molar-refractivity contribution is 5.94. The second-order valence-electron chi connectivity index (χ2n) is 6.57. The lowest BCUT2D eigenvalue weighted by Gasteiger charge is -2.28. The van der Waals surface area contributed by atoms with Gasteiger partial charge in [-0.1, -0.05) is 42.0 Å². The molecule has 0 radical (unpaired) electrons. The SMILES string of the molecule is CCOC(=O)C1=C(N)Oc2c(c(=O)oc3ccccc23)[C@H]1c1ccc(C)cc1. The topological polar surface area (TPSA) is 91.8 Å². The van der Waals surface area contributed by atoms with E-state index < -0.39 is 17.5 Å². The lowest BCUT2D eigenvalue weighted by Crippen LogP contribution is -2.31. The number of aryl methyl sites for hydroxylation is 1. The molecule has 0 saturated carbocycles. The van der Waals surface area contributed by atoms with Crippen LogP contribution in [0.5, 0.6) is 5.75 Å². The molecule has 3 aromatic rings. The second-order valence-corrected chi connectivity index (χ2v) is 6.57. The molecule has 2 N–H and O–H groups in total. The molecule has 1 aliphatic heterocycles. The smallest absolute Gasteiger partial charge is 0.344 e. The van der Waals surface area contributed by atoms with Gasteiger partial charge in [0.15, 0.2) is 5.75 Å². The average molecular weight is 377 g/mol. The predicted octanol–water partition coefficient (Wildman–Crippen LogP) is 3.36. The molecule has 2 aromatic carbocycles. The van der Waals surface area contributed by atoms with Gasteiger partial charge in [0.2, 0.25) is 5.88 Å². The van der Waals surface area contributed by atoms with Crippen LogP contribution < -0.4 is 16.1 Å². The normalized spacial score (nSPS) is 15.9. The minimum absolute atomic E-state index is 0.0766. The molecular formula is C22H19NO5. The molecule has 1 aromatic heterocycles. The minimum Gasteiger partial charge on any atom is -0.462 e. The molecule has 6 nitrogen and oxygen atoms in total. The van der Waals surface area contributed by atoms with E-state index in [0.717, 1.165) is 11.1 Å². The van der Waals surface area contributed by atoms with Crippen molar-refractivity contribution < 1.29 is 18.7 Å². The van der Waals surface area contributed by atoms with Crippen molar-refractivity contribution in [1.29, 1.82) is 0 Å². The first kappa shape index (κ1) is 17.9. The van der Waals surface area contributed by atoms with Gasteiger partial charge in [-0.05, 0) is 31.5 Å². The number of benzene rings is 2. The summed E-state index contributed by atoms with van der Waals surface area (Å²) in [6, 6.07) is 14.6. The number of hydrogen-bond acceptors (Lipinski definition) is 6. The van der Waals surface area contributed by atoms with Crippen LogP contribution in [-0.4, -0.2) is 12.6 Å². The number of fused-ring (bicyclic) bond motifs is 3. The highest BCUT2D eigenvalue weighted by Gasteiger charge is 2.39. The van der Waals surface area contributed by atoms with Crippen LogP contribution in [0.4, 0.5) is 0 Å². The van der Waals surface area contributed by atoms with Gasteiger partial charge >= 0.3 is 11.6 Å². The van der Waals surface area contributed by atoms with Crippen molar-refractivity contribution in [2.24, 2.45) is 5.73 Å². The van der Waals surface area contributed by atoms with Crippen LogP contribution in [-0.2, 0) is 9.53 Å². The fourth-order valence-electron chi connectivity index (χ4n) is 3.47. The standard InChI is InChI=1S/C22H19NO5/c1-3-26-21(24)18-16(13-10-8-12(2)9-11-13)17-19(28-20(18)23)14-6-4-5-7-15(14)27-22(17)25/h4-11,16H,3,23H2,1-2H3/t16-/m1/s1. The number of ether oxygens (including phenoxy) is 2. The molecule has 6 heteroatoms. The number of rotatable bonds is 3. The van der Waals surface area contributed by atoms with Crippen LogP contribution >= 0.6 is 0 Å². The maximum absolute atomic E-state index is 12.9. The molecule has 0 unspecified atom stereocenters. The van der Waals surface area contributed by atoms with Gasteiger partial charge < -0.3 is 19.6 Å². The van der Waals surface area contributed by atoms with Crippen LogP contribution in [0.15, 0.2) is 69.2 Å². The summed E-state index contributed by atoms with van der Waals surface area (Å²) in [5.74, 6) is -1.14. The first-order chi connectivity index (χ1) is 13.5. The predicted molar refractivity (Wildman–Crippen MR) is 104 cm³/mol. The van der Waals surface area contributed by atoms with Crippen molar-refractivity contribution in [2.45, 2.75) is 19.8 Å². The summed E-state index contributed by atoms with van der Waals surface area (Å²) in [5, 5.41) is 0.611. The lowest BCUT2D eigenvalue weighted by molar-refractivity contribution is -0.139. The summed E-state index contributed by atoms with van der Waals surface area (Å²) in [5.41, 5.74) is 8.07. The van der Waals surface area contributed by atoms with Gasteiger partial charge in [-0.2, -0.15) is 0 Å². The minimum atomic E-state index is -0.746. The van der Waals surface area contributed by atoms with E-state index in [9.17, 15) is 9.59 Å². The molecule has 1 atom stereocenters. The summed E-state index contributed by atoms with van der Waals surface area (Å²) in [4.78, 5) is 25.6. The van der Waals surface area contributed by atoms with Crippen molar-refractivity contribution in [3.8, 4) is 5.75 Å². The lowest BCUT2D eigenvalue weighted by atomic mass is 9.83. The van der Waals surface area contributed by atoms with E-state index in [4.69, 9.17) is 19.6 Å². The molecule has 0 fully saturated rings. The van der Waals surface area contributed by atoms with Gasteiger partial charge in [-0.25, -0.2) is 9.59 Å². The molecule has 0 aliphatic carbocycles. The molecule has 142 valence electrons. The first-order valence-electron chi connectivity index (χ1n) is 8.98. The number of carbonyl (C=O) groups excluding carboxylic acids is 1. The monoisotopic (exact) mass is 377 g/mol. The van der Waals surface area contributed by atoms with Crippen molar-refractivity contribution in [2.75, 3.05) is 6.61 Å². The van der Waals surface area contributed by atoms with Crippen molar-refractivity contribution in [3.63, 3.8) is 0 Å². The van der Waals surface area contributed by atoms with Gasteiger partial charge in [0, 0.05) is 0 Å². The van der Waals surface area contributed by atoms with Crippen LogP contribution in [0.1, 0.15) is 29.5 Å². The number of carbonyl (C=O) groups is 1. The quantitative estimate of drug-likeness (QED) is 0.556. The van der Waals surface area contributed by atoms with E-state index in [1.807, 2.05) is 37.3 Å². The largest absolute Gasteiger partial charge is 0.462 e. The van der Waals surface area contributed by atoms with Crippen LogP contribution in [0, 0.1) is 6.92 Å². The zero-order chi connectivity index (χ0) is 19.8. The van der Waals surface area contributed by atoms with Gasteiger partial charge in [0.1, 0.15) is 11.2 Å². The Morgan fingerprint density at radius 1 is 1.14 bits per heavy atom. The van der Waals surface area contributed by atoms with Crippen molar-refractivity contribution >= 4 is 16.9 Å². The molecule has 28 heavy (non-hydrogen) atoms. The third-order valence-electron chi connectivity index (χ3n) is 4.76. The van der Waals surface area contributed by atoms with E-state index in [1.165, 1.54) is 0 Å². The highest BCUT2D eigenvalue weighted by Crippen LogP contribution is 2.44. The third-order valence-corrected chi connectivity index (χ3v) is 4.76. The van der Waals surface area contributed by atoms with E-state index in [-0.39, 0.29) is 23.6 Å². The Morgan fingerprint density at radius 3 is 2.57 bits per heavy atom. The van der Waals surface area contributed by atoms with Crippen LogP contribution in [0.2, 0.25) is 0 Å². The fraction of sp³-hybridized carbons (Fsp3) is 0.182. The maximum atomic E-state index is 12.9. The maximum Gasteiger partial charge on any atom is 0.344 e. The zero-order valence-electron chi connectivity index (χ0n) is 15.5. The summed E-state index contributed by atoms with van der Waals surface area (Å²) in [6.07, 6.45) is 0. The molecule has 4 rings (SSSR count). The molecule has 0 saturated heterocycles. The number of hydrogen-bond donors (Lipinski definition) is 1. The van der Waals surface area contributed by atoms with Gasteiger partial charge in [-0.15, -0.1) is 0 Å². The Balaban J connectivity index is 2.03. The summed E-state index contributed by atoms with van der Waals surface area (Å²) < 4.78 is 16.5. The average Bonchev–Trinajstić information content (AvgIpc) is 2.68. The van der Waals surface area contributed by atoms with Crippen LogP contribution in [0.3, 0.4) is 0 Å². The Labute approximate surface area is 161 Å². The molecule has 0 amide bonds. The number of nitrogens with two attached hydrogens (primary N) is 1. The Morgan fingerprint density at radius 2 is 1.86 bits per heavy atom. The number of esters is 1. The van der Waals surface area contributed by atoms with Crippen LogP contribution in [0.25, 0.3) is 11.0 Å². The summed E-state index contributed by atoms with van der Waals surface area (Å²) >= 11 is 0. The Kier molecular flexibility index (Phi) is 4.39. The van der Waals surface area contributed by atoms with E-state index in [2.05, 4.69) is 0 Å². The molecule has 2 heterocycles. The van der Waals surface area contributed by atoms with Gasteiger partial charge in [-0.3, -0.25) is 0 Å². The Hall–Kier alpha value is -3.54. The fourth-order valence-corrected chi connectivity index (χ4v) is 3.47. The summed E-state index contributed by atoms with van der Waals surface area (Å²) in [7, 11) is 0. The van der Waals surface area contributed by atoms with Crippen molar-refractivity contribution in [3.05, 3.63) is 87.1 Å². The third kappa shape index (κ3) is 2.83. The van der Waals surface area contributed by atoms with Gasteiger partial charge in [0.25, 0.3) is 0 Å². The number of para-hydroxylation sites is 1. The second kappa shape index (κ2) is 6.88. The van der Waals surface area contributed by atoms with Gasteiger partial charge in [0.05, 0.1) is 23.5 Å². The molecular weight excluding hydrogens is 358 g/mol. The van der Waals surface area contributed by atoms with E-state index >= 15 is 0 Å². The summed E-state index contributed by atoms with van der Waals surface area (Å²) in [6.45, 7) is 3.84. The zero-order valence-corrected chi connectivity index (χ0v) is 15.5. The first-order valence-corrected chi connectivity index (χ1v) is 8.98. The molecule has 0 spiro atoms. The molecule has 0 bridgehead atoms. The molecule has 1 aliphatic rings. The highest BCUT2D eigenvalue weighted by atomic mass is 16.5. The van der Waals surface area contributed by atoms with E-state index in [0.29, 0.717) is 16.7 Å². The van der Waals surface area contributed by atoms with Crippen molar-refractivity contribution in [1.82, 2.24) is 0 Å². The Bertz CT molecular complexity index is 1160.